The van der Waals surface area contributed by atoms with E-state index >= 15 is 0 Å². The third-order valence-corrected chi connectivity index (χ3v) is 1.33. The minimum atomic E-state index is -0.122. The Morgan fingerprint density at radius 3 is 2.82 bits per heavy atom. The van der Waals surface area contributed by atoms with Crippen LogP contribution < -0.4 is 5.56 Å². The van der Waals surface area contributed by atoms with Crippen LogP contribution in [0.15, 0.2) is 17.2 Å². The number of aromatic amines is 1. The number of hydrogen-bond acceptors (Lipinski definition) is 2. The Balaban J connectivity index is 2.80. The van der Waals surface area contributed by atoms with Crippen molar-refractivity contribution >= 4 is 0 Å². The highest BCUT2D eigenvalue weighted by molar-refractivity contribution is 4.95. The molecule has 1 rings (SSSR count). The summed E-state index contributed by atoms with van der Waals surface area (Å²) in [6.45, 7) is 4.20. The van der Waals surface area contributed by atoms with E-state index in [0.717, 1.165) is 12.1 Å². The summed E-state index contributed by atoms with van der Waals surface area (Å²) in [7, 11) is 0. The monoisotopic (exact) mass is 152 g/mol. The fourth-order valence-electron chi connectivity index (χ4n) is 0.961. The first-order chi connectivity index (χ1) is 5.18. The lowest BCUT2D eigenvalue weighted by Crippen LogP contribution is -2.09. The number of H-pyrrole nitrogens is 1. The van der Waals surface area contributed by atoms with E-state index in [2.05, 4.69) is 23.8 Å². The van der Waals surface area contributed by atoms with Gasteiger partial charge in [-0.2, -0.15) is 0 Å². The molecule has 0 saturated carbocycles. The van der Waals surface area contributed by atoms with Crippen LogP contribution in [-0.4, -0.2) is 9.97 Å². The van der Waals surface area contributed by atoms with Crippen molar-refractivity contribution in [3.05, 3.63) is 28.4 Å². The van der Waals surface area contributed by atoms with Gasteiger partial charge in [0.15, 0.2) is 0 Å². The molecule has 0 aliphatic rings. The van der Waals surface area contributed by atoms with Gasteiger partial charge < -0.3 is 4.98 Å². The molecule has 3 nitrogen and oxygen atoms in total. The van der Waals surface area contributed by atoms with E-state index in [4.69, 9.17) is 0 Å². The van der Waals surface area contributed by atoms with Crippen LogP contribution in [0.4, 0.5) is 0 Å². The molecule has 0 aromatic carbocycles. The fraction of sp³-hybridized carbons (Fsp3) is 0.500. The van der Waals surface area contributed by atoms with E-state index in [-0.39, 0.29) is 5.56 Å². The summed E-state index contributed by atoms with van der Waals surface area (Å²) in [6, 6.07) is 0. The SMILES string of the molecule is CC(C)Cc1cncc(=O)[nH]1. The second-order valence-corrected chi connectivity index (χ2v) is 3.02. The third kappa shape index (κ3) is 2.53. The molecule has 60 valence electrons. The van der Waals surface area contributed by atoms with E-state index in [9.17, 15) is 4.79 Å². The van der Waals surface area contributed by atoms with Crippen LogP contribution in [0.5, 0.6) is 0 Å². The Kier molecular flexibility index (Phi) is 2.41. The van der Waals surface area contributed by atoms with Gasteiger partial charge in [0.1, 0.15) is 0 Å². The highest BCUT2D eigenvalue weighted by atomic mass is 16.1. The molecule has 0 saturated heterocycles. The molecule has 11 heavy (non-hydrogen) atoms. The van der Waals surface area contributed by atoms with Crippen LogP contribution in [0, 0.1) is 5.92 Å². The van der Waals surface area contributed by atoms with E-state index in [1.54, 1.807) is 6.20 Å². The Morgan fingerprint density at radius 2 is 2.27 bits per heavy atom. The Hall–Kier alpha value is -1.12. The van der Waals surface area contributed by atoms with Crippen LogP contribution in [0.3, 0.4) is 0 Å². The normalized spacial score (nSPS) is 10.5. The lowest BCUT2D eigenvalue weighted by molar-refractivity contribution is 0.631. The zero-order valence-electron chi connectivity index (χ0n) is 6.79. The summed E-state index contributed by atoms with van der Waals surface area (Å²) >= 11 is 0. The van der Waals surface area contributed by atoms with Crippen LogP contribution in [-0.2, 0) is 6.42 Å². The molecule has 0 radical (unpaired) electrons. The number of rotatable bonds is 2. The zero-order chi connectivity index (χ0) is 8.27. The molecule has 0 aliphatic heterocycles. The van der Waals surface area contributed by atoms with Crippen molar-refractivity contribution < 1.29 is 0 Å². The average Bonchev–Trinajstić information content (AvgIpc) is 1.85. The molecule has 0 unspecified atom stereocenters. The molecule has 1 N–H and O–H groups in total. The molecular formula is C8H12N2O. The first kappa shape index (κ1) is 7.98. The summed E-state index contributed by atoms with van der Waals surface area (Å²) < 4.78 is 0. The van der Waals surface area contributed by atoms with Gasteiger partial charge in [-0.3, -0.25) is 9.78 Å². The standard InChI is InChI=1S/C8H12N2O/c1-6(2)3-7-4-9-5-8(11)10-7/h4-6H,3H2,1-2H3,(H,10,11). The molecule has 3 heteroatoms. The van der Waals surface area contributed by atoms with Crippen molar-refractivity contribution in [2.75, 3.05) is 0 Å². The van der Waals surface area contributed by atoms with Crippen LogP contribution in [0.1, 0.15) is 19.5 Å². The van der Waals surface area contributed by atoms with Gasteiger partial charge in [-0.25, -0.2) is 0 Å². The molecule has 1 aromatic rings. The molecule has 0 amide bonds. The zero-order valence-corrected chi connectivity index (χ0v) is 6.79. The minimum Gasteiger partial charge on any atom is -0.323 e. The molecule has 0 fully saturated rings. The number of nitrogens with zero attached hydrogens (tertiary/aromatic N) is 1. The molecule has 0 atom stereocenters. The Labute approximate surface area is 65.5 Å². The Morgan fingerprint density at radius 1 is 1.55 bits per heavy atom. The summed E-state index contributed by atoms with van der Waals surface area (Å²) in [5.41, 5.74) is 0.788. The fourth-order valence-corrected chi connectivity index (χ4v) is 0.961. The molecule has 1 heterocycles. The highest BCUT2D eigenvalue weighted by Crippen LogP contribution is 2.00. The molecular weight excluding hydrogens is 140 g/mol. The van der Waals surface area contributed by atoms with Crippen LogP contribution in [0.2, 0.25) is 0 Å². The van der Waals surface area contributed by atoms with Crippen molar-refractivity contribution in [1.82, 2.24) is 9.97 Å². The number of aromatic nitrogens is 2. The van der Waals surface area contributed by atoms with Gasteiger partial charge in [0, 0.05) is 11.9 Å². The smallest absolute Gasteiger partial charge is 0.266 e. The van der Waals surface area contributed by atoms with Crippen molar-refractivity contribution in [2.24, 2.45) is 5.92 Å². The molecule has 1 aromatic heterocycles. The maximum atomic E-state index is 10.8. The summed E-state index contributed by atoms with van der Waals surface area (Å²) in [5.74, 6) is 0.551. The Bertz CT molecular complexity index is 277. The summed E-state index contributed by atoms with van der Waals surface area (Å²) in [6.07, 6.45) is 3.86. The number of hydrogen-bond donors (Lipinski definition) is 1. The first-order valence-electron chi connectivity index (χ1n) is 3.71. The lowest BCUT2D eigenvalue weighted by atomic mass is 10.1. The van der Waals surface area contributed by atoms with E-state index in [1.807, 2.05) is 0 Å². The predicted molar refractivity (Wildman–Crippen MR) is 43.4 cm³/mol. The first-order valence-corrected chi connectivity index (χ1v) is 3.71. The lowest BCUT2D eigenvalue weighted by Gasteiger charge is -2.01. The van der Waals surface area contributed by atoms with Gasteiger partial charge in [0.05, 0.1) is 6.20 Å². The largest absolute Gasteiger partial charge is 0.323 e. The van der Waals surface area contributed by atoms with Gasteiger partial charge in [-0.05, 0) is 12.3 Å². The van der Waals surface area contributed by atoms with Crippen molar-refractivity contribution in [1.29, 1.82) is 0 Å². The van der Waals surface area contributed by atoms with Gasteiger partial charge in [0.2, 0.25) is 0 Å². The van der Waals surface area contributed by atoms with Crippen LogP contribution >= 0.6 is 0 Å². The molecule has 0 aliphatic carbocycles. The van der Waals surface area contributed by atoms with E-state index in [1.165, 1.54) is 6.20 Å². The van der Waals surface area contributed by atoms with Crippen molar-refractivity contribution in [3.8, 4) is 0 Å². The molecule has 0 spiro atoms. The molecule has 0 bridgehead atoms. The number of nitrogens with one attached hydrogen (secondary N) is 1. The topological polar surface area (TPSA) is 45.8 Å². The van der Waals surface area contributed by atoms with Crippen LogP contribution in [0.25, 0.3) is 0 Å². The van der Waals surface area contributed by atoms with Crippen molar-refractivity contribution in [2.45, 2.75) is 20.3 Å². The minimum absolute atomic E-state index is 0.122. The van der Waals surface area contributed by atoms with E-state index < -0.39 is 0 Å². The van der Waals surface area contributed by atoms with E-state index in [0.29, 0.717) is 5.92 Å². The summed E-state index contributed by atoms with van der Waals surface area (Å²) in [4.78, 5) is 17.3. The second kappa shape index (κ2) is 3.32. The second-order valence-electron chi connectivity index (χ2n) is 3.02. The summed E-state index contributed by atoms with van der Waals surface area (Å²) in [5, 5.41) is 0. The maximum Gasteiger partial charge on any atom is 0.266 e. The van der Waals surface area contributed by atoms with Gasteiger partial charge in [-0.1, -0.05) is 13.8 Å². The predicted octanol–water partition coefficient (Wildman–Crippen LogP) is 0.968. The quantitative estimate of drug-likeness (QED) is 0.686. The highest BCUT2D eigenvalue weighted by Gasteiger charge is 1.97. The van der Waals surface area contributed by atoms with Gasteiger partial charge >= 0.3 is 0 Å². The van der Waals surface area contributed by atoms with Gasteiger partial charge in [0.25, 0.3) is 5.56 Å². The average molecular weight is 152 g/mol. The third-order valence-electron chi connectivity index (χ3n) is 1.33. The maximum absolute atomic E-state index is 10.8. The van der Waals surface area contributed by atoms with Crippen molar-refractivity contribution in [3.63, 3.8) is 0 Å². The van der Waals surface area contributed by atoms with Gasteiger partial charge in [-0.15, -0.1) is 0 Å².